The molecule has 0 unspecified atom stereocenters. The van der Waals surface area contributed by atoms with E-state index < -0.39 is 0 Å². The normalized spacial score (nSPS) is 13.3. The molecule has 0 radical (unpaired) electrons. The first-order valence-electron chi connectivity index (χ1n) is 10.3. The number of carbonyl (C=O) groups excluding carboxylic acids is 1. The Morgan fingerprint density at radius 1 is 1.16 bits per heavy atom. The van der Waals surface area contributed by atoms with E-state index in [2.05, 4.69) is 31.1 Å². The van der Waals surface area contributed by atoms with Crippen LogP contribution < -0.4 is 21.5 Å². The lowest BCUT2D eigenvalue weighted by Crippen LogP contribution is -2.25. The average molecular weight is 433 g/mol. The predicted octanol–water partition coefficient (Wildman–Crippen LogP) is 1.60. The molecule has 11 heteroatoms. The van der Waals surface area contributed by atoms with Crippen molar-refractivity contribution in [3.05, 3.63) is 58.4 Å². The summed E-state index contributed by atoms with van der Waals surface area (Å²) in [7, 11) is 3.55. The molecule has 4 aromatic heterocycles. The van der Waals surface area contributed by atoms with E-state index in [4.69, 9.17) is 0 Å². The van der Waals surface area contributed by atoms with Crippen LogP contribution in [-0.4, -0.2) is 47.9 Å². The molecular formula is C21H23N9O2. The smallest absolute Gasteiger partial charge is 0.278 e. The molecule has 3 N–H and O–H groups in total. The summed E-state index contributed by atoms with van der Waals surface area (Å²) in [6, 6.07) is 3.72. The number of aryl methyl sites for hydroxylation is 2. The van der Waals surface area contributed by atoms with Crippen LogP contribution in [0.3, 0.4) is 0 Å². The molecule has 0 aromatic carbocycles. The van der Waals surface area contributed by atoms with Gasteiger partial charge in [0.1, 0.15) is 22.9 Å². The van der Waals surface area contributed by atoms with Crippen LogP contribution in [0.25, 0.3) is 11.3 Å². The van der Waals surface area contributed by atoms with Crippen LogP contribution in [0.4, 0.5) is 17.3 Å². The summed E-state index contributed by atoms with van der Waals surface area (Å²) >= 11 is 0. The van der Waals surface area contributed by atoms with Gasteiger partial charge in [-0.15, -0.1) is 0 Å². The van der Waals surface area contributed by atoms with Gasteiger partial charge in [0.05, 0.1) is 18.1 Å². The van der Waals surface area contributed by atoms with Gasteiger partial charge in [-0.2, -0.15) is 14.7 Å². The van der Waals surface area contributed by atoms with Crippen molar-refractivity contribution in [3.8, 4) is 5.69 Å². The van der Waals surface area contributed by atoms with Crippen LogP contribution in [-0.2, 0) is 7.05 Å². The largest absolute Gasteiger partial charge is 0.373 e. The predicted molar refractivity (Wildman–Crippen MR) is 120 cm³/mol. The second kappa shape index (κ2) is 7.52. The fourth-order valence-corrected chi connectivity index (χ4v) is 3.53. The van der Waals surface area contributed by atoms with E-state index in [0.717, 1.165) is 18.4 Å². The van der Waals surface area contributed by atoms with Crippen molar-refractivity contribution in [2.75, 3.05) is 17.7 Å². The molecule has 0 spiro atoms. The maximum atomic E-state index is 13.1. The average Bonchev–Trinajstić information content (AvgIpc) is 3.30. The number of pyridine rings is 1. The Labute approximate surface area is 183 Å². The SMILES string of the molecule is CNc1cc(Nc2cc(C)cn(-c3cnn(C)c3)c2=O)nc2c(C(=O)NC3CC3)cnn12. The maximum Gasteiger partial charge on any atom is 0.278 e. The van der Waals surface area contributed by atoms with Crippen LogP contribution in [0.1, 0.15) is 28.8 Å². The second-order valence-corrected chi connectivity index (χ2v) is 7.92. The Morgan fingerprint density at radius 3 is 2.66 bits per heavy atom. The van der Waals surface area contributed by atoms with Crippen molar-refractivity contribution in [2.24, 2.45) is 7.05 Å². The zero-order valence-corrected chi connectivity index (χ0v) is 18.0. The van der Waals surface area contributed by atoms with Gasteiger partial charge in [0.2, 0.25) is 0 Å². The van der Waals surface area contributed by atoms with Crippen LogP contribution >= 0.6 is 0 Å². The first-order chi connectivity index (χ1) is 15.4. The fourth-order valence-electron chi connectivity index (χ4n) is 3.53. The third-order valence-corrected chi connectivity index (χ3v) is 5.27. The van der Waals surface area contributed by atoms with Crippen LogP contribution in [0, 0.1) is 6.92 Å². The van der Waals surface area contributed by atoms with Gasteiger partial charge in [0, 0.05) is 38.6 Å². The number of carbonyl (C=O) groups is 1. The van der Waals surface area contributed by atoms with Gasteiger partial charge in [-0.05, 0) is 31.4 Å². The van der Waals surface area contributed by atoms with Gasteiger partial charge in [-0.25, -0.2) is 4.98 Å². The van der Waals surface area contributed by atoms with Gasteiger partial charge in [-0.3, -0.25) is 18.8 Å². The fraction of sp³-hybridized carbons (Fsp3) is 0.286. The highest BCUT2D eigenvalue weighted by Crippen LogP contribution is 2.23. The summed E-state index contributed by atoms with van der Waals surface area (Å²) < 4.78 is 4.74. The molecule has 1 fully saturated rings. The number of rotatable bonds is 6. The van der Waals surface area contributed by atoms with Crippen molar-refractivity contribution in [3.63, 3.8) is 0 Å². The molecule has 164 valence electrons. The van der Waals surface area contributed by atoms with Gasteiger partial charge in [0.15, 0.2) is 5.65 Å². The first-order valence-corrected chi connectivity index (χ1v) is 10.3. The number of aromatic nitrogens is 6. The minimum Gasteiger partial charge on any atom is -0.373 e. The first kappa shape index (κ1) is 19.8. The molecule has 32 heavy (non-hydrogen) atoms. The molecule has 0 atom stereocenters. The number of nitrogens with one attached hydrogen (secondary N) is 3. The summed E-state index contributed by atoms with van der Waals surface area (Å²) in [6.45, 7) is 1.91. The maximum absolute atomic E-state index is 13.1. The minimum absolute atomic E-state index is 0.205. The topological polar surface area (TPSA) is 123 Å². The summed E-state index contributed by atoms with van der Waals surface area (Å²) in [5.74, 6) is 0.843. The summed E-state index contributed by atoms with van der Waals surface area (Å²) in [5.41, 5.74) is 2.46. The highest BCUT2D eigenvalue weighted by Gasteiger charge is 2.26. The summed E-state index contributed by atoms with van der Waals surface area (Å²) in [6.07, 6.45) is 8.65. The van der Waals surface area contributed by atoms with E-state index in [-0.39, 0.29) is 17.5 Å². The number of hydrogen-bond acceptors (Lipinski definition) is 7. The van der Waals surface area contributed by atoms with Crippen molar-refractivity contribution in [1.82, 2.24) is 34.3 Å². The third kappa shape index (κ3) is 3.57. The van der Waals surface area contributed by atoms with E-state index in [9.17, 15) is 9.59 Å². The van der Waals surface area contributed by atoms with Gasteiger partial charge >= 0.3 is 0 Å². The number of fused-ring (bicyclic) bond motifs is 1. The molecule has 1 aliphatic carbocycles. The minimum atomic E-state index is -0.239. The Morgan fingerprint density at radius 2 is 1.97 bits per heavy atom. The molecule has 5 rings (SSSR count). The zero-order valence-electron chi connectivity index (χ0n) is 18.0. The lowest BCUT2D eigenvalue weighted by Gasteiger charge is -2.12. The van der Waals surface area contributed by atoms with Crippen LogP contribution in [0.5, 0.6) is 0 Å². The third-order valence-electron chi connectivity index (χ3n) is 5.27. The Kier molecular flexibility index (Phi) is 4.65. The number of nitrogens with zero attached hydrogens (tertiary/aromatic N) is 6. The molecule has 1 amide bonds. The van der Waals surface area contributed by atoms with Gasteiger partial charge in [-0.1, -0.05) is 0 Å². The Balaban J connectivity index is 1.56. The van der Waals surface area contributed by atoms with Crippen LogP contribution in [0.15, 0.2) is 41.7 Å². The lowest BCUT2D eigenvalue weighted by atomic mass is 10.2. The molecule has 0 bridgehead atoms. The van der Waals surface area contributed by atoms with Crippen molar-refractivity contribution in [2.45, 2.75) is 25.8 Å². The van der Waals surface area contributed by atoms with Crippen molar-refractivity contribution >= 4 is 28.9 Å². The number of anilines is 3. The molecule has 4 heterocycles. The van der Waals surface area contributed by atoms with E-state index >= 15 is 0 Å². The standard InChI is InChI=1S/C21H23N9O2/c1-12-6-16(21(32)29(10-12)14-8-23-28(3)11-14)26-17-7-18(22-2)30-19(27-17)15(9-24-30)20(31)25-13-4-5-13/h6-11,13,22H,4-5H2,1-3H3,(H,25,31)(H,26,27). The van der Waals surface area contributed by atoms with E-state index in [1.807, 2.05) is 6.92 Å². The van der Waals surface area contributed by atoms with E-state index in [0.29, 0.717) is 34.2 Å². The van der Waals surface area contributed by atoms with Crippen molar-refractivity contribution in [1.29, 1.82) is 0 Å². The van der Waals surface area contributed by atoms with Gasteiger partial charge in [0.25, 0.3) is 11.5 Å². The molecule has 1 saturated carbocycles. The summed E-state index contributed by atoms with van der Waals surface area (Å²) in [4.78, 5) is 30.4. The molecule has 4 aromatic rings. The molecule has 0 saturated heterocycles. The second-order valence-electron chi connectivity index (χ2n) is 7.92. The molecule has 11 nitrogen and oxygen atoms in total. The Bertz CT molecular complexity index is 1390. The quantitative estimate of drug-likeness (QED) is 0.422. The summed E-state index contributed by atoms with van der Waals surface area (Å²) in [5, 5.41) is 17.6. The van der Waals surface area contributed by atoms with Gasteiger partial charge < -0.3 is 16.0 Å². The number of amides is 1. The van der Waals surface area contributed by atoms with Crippen molar-refractivity contribution < 1.29 is 4.79 Å². The molecule has 0 aliphatic heterocycles. The molecular weight excluding hydrogens is 410 g/mol. The van der Waals surface area contributed by atoms with Crippen LogP contribution in [0.2, 0.25) is 0 Å². The zero-order chi connectivity index (χ0) is 22.4. The Hall–Kier alpha value is -4.15. The lowest BCUT2D eigenvalue weighted by molar-refractivity contribution is 0.0952. The highest BCUT2D eigenvalue weighted by molar-refractivity contribution is 6.00. The monoisotopic (exact) mass is 433 g/mol. The number of hydrogen-bond donors (Lipinski definition) is 3. The van der Waals surface area contributed by atoms with E-state index in [1.165, 1.54) is 10.8 Å². The van der Waals surface area contributed by atoms with E-state index in [1.54, 1.807) is 54.0 Å². The highest BCUT2D eigenvalue weighted by atomic mass is 16.2. The molecule has 1 aliphatic rings.